The first-order valence-corrected chi connectivity index (χ1v) is 10.3. The predicted octanol–water partition coefficient (Wildman–Crippen LogP) is 2.63. The second-order valence-corrected chi connectivity index (χ2v) is 7.80. The van der Waals surface area contributed by atoms with Crippen LogP contribution < -0.4 is 15.8 Å². The van der Waals surface area contributed by atoms with Crippen LogP contribution in [0.4, 0.5) is 14.5 Å². The van der Waals surface area contributed by atoms with Gasteiger partial charge in [0.25, 0.3) is 11.5 Å². The van der Waals surface area contributed by atoms with Crippen molar-refractivity contribution in [2.45, 2.75) is 6.54 Å². The average molecular weight is 456 g/mol. The van der Waals surface area contributed by atoms with Gasteiger partial charge < -0.3 is 19.6 Å². The number of hydrogen-bond donors (Lipinski definition) is 2. The number of amides is 1. The summed E-state index contributed by atoms with van der Waals surface area (Å²) in [5, 5.41) is 2.88. The van der Waals surface area contributed by atoms with Crippen molar-refractivity contribution in [2.24, 2.45) is 0 Å². The number of hydrogen-bond acceptors (Lipinski definition) is 6. The van der Waals surface area contributed by atoms with Crippen molar-refractivity contribution in [1.82, 2.24) is 20.2 Å². The van der Waals surface area contributed by atoms with E-state index < -0.39 is 30.2 Å². The molecule has 0 radical (unpaired) electrons. The summed E-state index contributed by atoms with van der Waals surface area (Å²) in [5.41, 5.74) is 0.0676. The zero-order valence-electron chi connectivity index (χ0n) is 20.3. The standard InChI is InChI=1S/C23H21F2N5O3/c1-26-22(31)16-4-5-17(21(25)27-16)30-9-7-29(8-10-30)12-13-2-3-14-15-6-11-33-20(15)23(32)28-19(14)18(13)24/h2-6,11H,7-10,12H2,1H3,(H,26,31)(H,28,32)/i1D3. The molecule has 10 heteroatoms. The molecule has 1 aliphatic rings. The van der Waals surface area contributed by atoms with E-state index in [1.165, 1.54) is 18.4 Å². The number of fused-ring (bicyclic) bond motifs is 3. The number of rotatable bonds is 4. The highest BCUT2D eigenvalue weighted by Crippen LogP contribution is 2.27. The molecule has 1 amide bonds. The molecule has 1 fully saturated rings. The van der Waals surface area contributed by atoms with Gasteiger partial charge in [0, 0.05) is 60.1 Å². The molecule has 0 atom stereocenters. The fraction of sp³-hybridized carbons (Fsp3) is 0.261. The molecule has 0 saturated carbocycles. The van der Waals surface area contributed by atoms with Crippen molar-refractivity contribution in [3.8, 4) is 0 Å². The lowest BCUT2D eigenvalue weighted by Gasteiger charge is -2.36. The molecule has 4 heterocycles. The fourth-order valence-electron chi connectivity index (χ4n) is 4.20. The molecule has 0 bridgehead atoms. The number of nitrogens with zero attached hydrogens (tertiary/aromatic N) is 3. The summed E-state index contributed by atoms with van der Waals surface area (Å²) >= 11 is 0. The number of H-pyrrole nitrogens is 1. The predicted molar refractivity (Wildman–Crippen MR) is 119 cm³/mol. The van der Waals surface area contributed by atoms with Gasteiger partial charge in [-0.15, -0.1) is 0 Å². The Bertz CT molecular complexity index is 1530. The van der Waals surface area contributed by atoms with E-state index >= 15 is 4.39 Å². The van der Waals surface area contributed by atoms with Crippen LogP contribution in [0.2, 0.25) is 0 Å². The number of benzene rings is 1. The third kappa shape index (κ3) is 3.72. The lowest BCUT2D eigenvalue weighted by molar-refractivity contribution is 0.0957. The number of carbonyl (C=O) groups is 1. The third-order valence-electron chi connectivity index (χ3n) is 5.90. The Morgan fingerprint density at radius 3 is 2.76 bits per heavy atom. The first-order valence-electron chi connectivity index (χ1n) is 11.8. The summed E-state index contributed by atoms with van der Waals surface area (Å²) in [5.74, 6) is -2.37. The van der Waals surface area contributed by atoms with Crippen LogP contribution in [0, 0.1) is 11.8 Å². The number of anilines is 1. The van der Waals surface area contributed by atoms with Gasteiger partial charge in [-0.2, -0.15) is 4.39 Å². The van der Waals surface area contributed by atoms with Crippen LogP contribution in [-0.2, 0) is 6.54 Å². The van der Waals surface area contributed by atoms with Crippen molar-refractivity contribution in [1.29, 1.82) is 0 Å². The van der Waals surface area contributed by atoms with E-state index in [-0.39, 0.29) is 22.5 Å². The Morgan fingerprint density at radius 2 is 2.00 bits per heavy atom. The third-order valence-corrected chi connectivity index (χ3v) is 5.90. The van der Waals surface area contributed by atoms with Gasteiger partial charge in [-0.3, -0.25) is 14.5 Å². The number of aromatic nitrogens is 2. The summed E-state index contributed by atoms with van der Waals surface area (Å²) in [6.07, 6.45) is 1.39. The summed E-state index contributed by atoms with van der Waals surface area (Å²) in [6.45, 7) is -0.515. The molecule has 0 spiro atoms. The number of furan rings is 1. The Kier molecular flexibility index (Phi) is 4.45. The van der Waals surface area contributed by atoms with Crippen LogP contribution in [0.25, 0.3) is 21.9 Å². The van der Waals surface area contributed by atoms with Gasteiger partial charge in [-0.25, -0.2) is 9.37 Å². The van der Waals surface area contributed by atoms with Gasteiger partial charge in [0.15, 0.2) is 11.4 Å². The van der Waals surface area contributed by atoms with E-state index in [2.05, 4.69) is 9.97 Å². The van der Waals surface area contributed by atoms with Gasteiger partial charge in [-0.05, 0) is 18.2 Å². The maximum Gasteiger partial charge on any atom is 0.292 e. The molecule has 170 valence electrons. The van der Waals surface area contributed by atoms with Crippen LogP contribution in [0.1, 0.15) is 20.2 Å². The average Bonchev–Trinajstić information content (AvgIpc) is 3.32. The molecule has 2 N–H and O–H groups in total. The van der Waals surface area contributed by atoms with Crippen LogP contribution in [0.5, 0.6) is 0 Å². The first-order chi connectivity index (χ1) is 17.1. The van der Waals surface area contributed by atoms with E-state index in [4.69, 9.17) is 8.53 Å². The van der Waals surface area contributed by atoms with E-state index in [1.54, 1.807) is 28.4 Å². The molecule has 0 unspecified atom stereocenters. The smallest absolute Gasteiger partial charge is 0.292 e. The van der Waals surface area contributed by atoms with E-state index in [1.807, 2.05) is 4.90 Å². The normalized spacial score (nSPS) is 16.5. The molecule has 1 aliphatic heterocycles. The second-order valence-electron chi connectivity index (χ2n) is 7.80. The highest BCUT2D eigenvalue weighted by atomic mass is 19.1. The Balaban J connectivity index is 1.27. The lowest BCUT2D eigenvalue weighted by atomic mass is 10.1. The van der Waals surface area contributed by atoms with Crippen molar-refractivity contribution < 1.29 is 22.1 Å². The Labute approximate surface area is 191 Å². The zero-order chi connectivity index (χ0) is 25.6. The molecule has 8 nitrogen and oxygen atoms in total. The number of pyridine rings is 2. The van der Waals surface area contributed by atoms with E-state index in [0.717, 1.165) is 0 Å². The number of aromatic amines is 1. The molecule has 0 aliphatic carbocycles. The van der Waals surface area contributed by atoms with Gasteiger partial charge in [-0.1, -0.05) is 12.1 Å². The van der Waals surface area contributed by atoms with Crippen molar-refractivity contribution in [3.05, 3.63) is 70.0 Å². The SMILES string of the molecule is [2H]C([2H])([2H])NC(=O)c1ccc(N2CCN(Cc3ccc4c([nH]c(=O)c5occc54)c3F)CC2)c(F)n1. The van der Waals surface area contributed by atoms with Crippen molar-refractivity contribution in [3.63, 3.8) is 0 Å². The summed E-state index contributed by atoms with van der Waals surface area (Å²) in [4.78, 5) is 34.1. The Morgan fingerprint density at radius 1 is 1.18 bits per heavy atom. The first kappa shape index (κ1) is 17.7. The van der Waals surface area contributed by atoms with E-state index in [0.29, 0.717) is 49.1 Å². The number of carbonyl (C=O) groups excluding carboxylic acids is 1. The summed E-state index contributed by atoms with van der Waals surface area (Å²) < 4.78 is 56.3. The monoisotopic (exact) mass is 456 g/mol. The maximum absolute atomic E-state index is 15.3. The summed E-state index contributed by atoms with van der Waals surface area (Å²) in [6, 6.07) is 7.73. The number of nitrogens with one attached hydrogen (secondary N) is 2. The fourth-order valence-corrected chi connectivity index (χ4v) is 4.20. The molecule has 33 heavy (non-hydrogen) atoms. The van der Waals surface area contributed by atoms with Crippen LogP contribution in [0.3, 0.4) is 0 Å². The second kappa shape index (κ2) is 8.28. The van der Waals surface area contributed by atoms with Crippen molar-refractivity contribution >= 4 is 33.5 Å². The minimum absolute atomic E-state index is 0.126. The molecule has 5 rings (SSSR count). The molecule has 3 aromatic heterocycles. The molecule has 4 aromatic rings. The highest BCUT2D eigenvalue weighted by Gasteiger charge is 2.23. The summed E-state index contributed by atoms with van der Waals surface area (Å²) in [7, 11) is 0. The topological polar surface area (TPSA) is 94.5 Å². The maximum atomic E-state index is 15.3. The van der Waals surface area contributed by atoms with Gasteiger partial charge in [0.2, 0.25) is 5.95 Å². The van der Waals surface area contributed by atoms with Gasteiger partial charge in [0.1, 0.15) is 5.69 Å². The number of halogens is 2. The van der Waals surface area contributed by atoms with Crippen LogP contribution in [0.15, 0.2) is 45.8 Å². The largest absolute Gasteiger partial charge is 0.459 e. The molecular weight excluding hydrogens is 432 g/mol. The van der Waals surface area contributed by atoms with Gasteiger partial charge >= 0.3 is 0 Å². The lowest BCUT2D eigenvalue weighted by Crippen LogP contribution is -2.46. The number of piperazine rings is 1. The van der Waals surface area contributed by atoms with E-state index in [9.17, 15) is 14.0 Å². The van der Waals surface area contributed by atoms with Crippen LogP contribution in [-0.4, -0.2) is 53.9 Å². The molecule has 1 aromatic carbocycles. The van der Waals surface area contributed by atoms with Crippen molar-refractivity contribution in [2.75, 3.05) is 38.1 Å². The minimum Gasteiger partial charge on any atom is -0.459 e. The Hall–Kier alpha value is -3.79. The highest BCUT2D eigenvalue weighted by molar-refractivity contribution is 6.03. The zero-order valence-corrected chi connectivity index (χ0v) is 17.3. The van der Waals surface area contributed by atoms with Gasteiger partial charge in [0.05, 0.1) is 17.5 Å². The molecular formula is C23H21F2N5O3. The minimum atomic E-state index is -2.70. The molecule has 1 saturated heterocycles. The van der Waals surface area contributed by atoms with Crippen LogP contribution >= 0.6 is 0 Å². The quantitative estimate of drug-likeness (QED) is 0.459.